The first kappa shape index (κ1) is 21.4. The summed E-state index contributed by atoms with van der Waals surface area (Å²) in [5.74, 6) is 0.0969. The van der Waals surface area contributed by atoms with Crippen LogP contribution in [0.1, 0.15) is 33.9 Å². The smallest absolute Gasteiger partial charge is 0.317 e. The summed E-state index contributed by atoms with van der Waals surface area (Å²) in [4.78, 5) is 32.8. The summed E-state index contributed by atoms with van der Waals surface area (Å²) < 4.78 is 13.0. The fourth-order valence-electron chi connectivity index (χ4n) is 3.50. The van der Waals surface area contributed by atoms with Gasteiger partial charge in [0.1, 0.15) is 10.8 Å². The van der Waals surface area contributed by atoms with Gasteiger partial charge in [-0.25, -0.2) is 14.2 Å². The molecule has 2 aromatic rings. The summed E-state index contributed by atoms with van der Waals surface area (Å²) in [6.45, 7) is 5.08. The van der Waals surface area contributed by atoms with E-state index in [-0.39, 0.29) is 17.6 Å². The lowest BCUT2D eigenvalue weighted by atomic mass is 9.96. The Bertz CT molecular complexity index is 831. The first-order valence-electron chi connectivity index (χ1n) is 9.82. The van der Waals surface area contributed by atoms with Crippen molar-refractivity contribution < 1.29 is 14.0 Å². The molecular formula is C21H27FN4O2S. The number of halogens is 1. The molecule has 1 saturated heterocycles. The molecule has 2 heterocycles. The van der Waals surface area contributed by atoms with Crippen LogP contribution in [0.2, 0.25) is 0 Å². The molecule has 29 heavy (non-hydrogen) atoms. The van der Waals surface area contributed by atoms with Crippen molar-refractivity contribution in [2.24, 2.45) is 5.92 Å². The number of ketones is 1. The molecular weight excluding hydrogens is 391 g/mol. The number of amides is 2. The van der Waals surface area contributed by atoms with Crippen LogP contribution in [0.15, 0.2) is 29.6 Å². The Hall–Kier alpha value is -2.32. The molecule has 156 valence electrons. The largest absolute Gasteiger partial charge is 0.331 e. The van der Waals surface area contributed by atoms with Gasteiger partial charge in [-0.3, -0.25) is 9.69 Å². The third-order valence-corrected chi connectivity index (χ3v) is 6.14. The summed E-state index contributed by atoms with van der Waals surface area (Å²) in [5, 5.41) is 5.79. The highest BCUT2D eigenvalue weighted by molar-refractivity contribution is 7.09. The number of hydrogen-bond acceptors (Lipinski definition) is 5. The average molecular weight is 419 g/mol. The second kappa shape index (κ2) is 9.93. The van der Waals surface area contributed by atoms with Crippen LogP contribution in [0, 0.1) is 18.7 Å². The number of piperidine rings is 1. The number of nitrogens with zero attached hydrogens (tertiary/aromatic N) is 3. The Morgan fingerprint density at radius 2 is 1.97 bits per heavy atom. The first-order valence-corrected chi connectivity index (χ1v) is 10.7. The number of hydrogen-bond donors (Lipinski definition) is 1. The second-order valence-electron chi connectivity index (χ2n) is 7.57. The quantitative estimate of drug-likeness (QED) is 0.701. The zero-order valence-corrected chi connectivity index (χ0v) is 17.7. The van der Waals surface area contributed by atoms with E-state index in [1.807, 2.05) is 19.4 Å². The van der Waals surface area contributed by atoms with Crippen LogP contribution >= 0.6 is 11.3 Å². The van der Waals surface area contributed by atoms with Crippen LogP contribution in [-0.4, -0.2) is 59.8 Å². The van der Waals surface area contributed by atoms with E-state index in [4.69, 9.17) is 0 Å². The number of carbonyl (C=O) groups excluding carboxylic acids is 2. The van der Waals surface area contributed by atoms with Crippen LogP contribution in [0.3, 0.4) is 0 Å². The molecule has 1 aliphatic heterocycles. The predicted molar refractivity (Wildman–Crippen MR) is 112 cm³/mol. The molecule has 0 bridgehead atoms. The average Bonchev–Trinajstić information content (AvgIpc) is 3.13. The van der Waals surface area contributed by atoms with Gasteiger partial charge in [0, 0.05) is 30.2 Å². The van der Waals surface area contributed by atoms with Gasteiger partial charge >= 0.3 is 6.03 Å². The minimum atomic E-state index is -0.336. The first-order chi connectivity index (χ1) is 13.9. The zero-order valence-electron chi connectivity index (χ0n) is 16.9. The van der Waals surface area contributed by atoms with Crippen molar-refractivity contribution >= 4 is 23.2 Å². The number of nitrogens with one attached hydrogen (secondary N) is 1. The third kappa shape index (κ3) is 6.33. The topological polar surface area (TPSA) is 65.5 Å². The number of carbonyl (C=O) groups is 2. The number of likely N-dealkylation sites (tertiary alicyclic amines) is 1. The highest BCUT2D eigenvalue weighted by Gasteiger charge is 2.23. The zero-order chi connectivity index (χ0) is 20.8. The number of rotatable bonds is 7. The Morgan fingerprint density at radius 1 is 1.28 bits per heavy atom. The van der Waals surface area contributed by atoms with E-state index in [0.29, 0.717) is 31.1 Å². The molecule has 1 aromatic carbocycles. The highest BCUT2D eigenvalue weighted by Crippen LogP contribution is 2.19. The molecule has 1 aromatic heterocycles. The summed E-state index contributed by atoms with van der Waals surface area (Å²) in [6, 6.07) is 5.61. The number of aryl methyl sites for hydroxylation is 1. The monoisotopic (exact) mass is 418 g/mol. The van der Waals surface area contributed by atoms with E-state index in [1.54, 1.807) is 16.2 Å². The minimum absolute atomic E-state index is 0.0115. The summed E-state index contributed by atoms with van der Waals surface area (Å²) in [7, 11) is 1.81. The van der Waals surface area contributed by atoms with Crippen LogP contribution < -0.4 is 5.32 Å². The van der Waals surface area contributed by atoms with Gasteiger partial charge in [-0.1, -0.05) is 0 Å². The molecule has 0 atom stereocenters. The van der Waals surface area contributed by atoms with E-state index in [2.05, 4.69) is 15.2 Å². The van der Waals surface area contributed by atoms with Crippen LogP contribution in [0.25, 0.3) is 0 Å². The number of aromatic nitrogens is 1. The van der Waals surface area contributed by atoms with Crippen molar-refractivity contribution in [1.29, 1.82) is 0 Å². The maximum Gasteiger partial charge on any atom is 0.317 e. The molecule has 1 N–H and O–H groups in total. The molecule has 0 unspecified atom stereocenters. The Labute approximate surface area is 174 Å². The standard InChI is InChI=1S/C21H27FN4O2S/c1-15-14-29-20(24-15)11-23-21(28)25(2)12-16-7-9-26(10-8-16)13-19(27)17-3-5-18(22)6-4-17/h3-6,14,16H,7-13H2,1-2H3,(H,23,28). The van der Waals surface area contributed by atoms with E-state index in [0.717, 1.165) is 36.6 Å². The van der Waals surface area contributed by atoms with Gasteiger partial charge in [0.15, 0.2) is 5.78 Å². The van der Waals surface area contributed by atoms with Gasteiger partial charge in [-0.2, -0.15) is 0 Å². The normalized spacial score (nSPS) is 15.3. The maximum absolute atomic E-state index is 13.0. The molecule has 8 heteroatoms. The van der Waals surface area contributed by atoms with Gasteiger partial charge in [0.05, 0.1) is 13.1 Å². The molecule has 6 nitrogen and oxygen atoms in total. The van der Waals surface area contributed by atoms with Crippen molar-refractivity contribution in [3.05, 3.63) is 51.7 Å². The van der Waals surface area contributed by atoms with Gasteiger partial charge in [0.2, 0.25) is 0 Å². The Morgan fingerprint density at radius 3 is 2.59 bits per heavy atom. The molecule has 0 aliphatic carbocycles. The summed E-state index contributed by atoms with van der Waals surface area (Å²) in [5.41, 5.74) is 1.51. The molecule has 0 saturated carbocycles. The second-order valence-corrected chi connectivity index (χ2v) is 8.51. The molecule has 0 spiro atoms. The van der Waals surface area contributed by atoms with Crippen molar-refractivity contribution in [2.45, 2.75) is 26.3 Å². The maximum atomic E-state index is 13.0. The Kier molecular flexibility index (Phi) is 7.33. The van der Waals surface area contributed by atoms with E-state index in [1.165, 1.54) is 24.3 Å². The minimum Gasteiger partial charge on any atom is -0.331 e. The summed E-state index contributed by atoms with van der Waals surface area (Å²) >= 11 is 1.55. The van der Waals surface area contributed by atoms with E-state index in [9.17, 15) is 14.0 Å². The van der Waals surface area contributed by atoms with Gasteiger partial charge < -0.3 is 10.2 Å². The van der Waals surface area contributed by atoms with Crippen molar-refractivity contribution in [3.8, 4) is 0 Å². The predicted octanol–water partition coefficient (Wildman–Crippen LogP) is 3.33. The van der Waals surface area contributed by atoms with E-state index < -0.39 is 0 Å². The molecule has 0 radical (unpaired) electrons. The van der Waals surface area contributed by atoms with Crippen LogP contribution in [0.4, 0.5) is 9.18 Å². The SMILES string of the molecule is Cc1csc(CNC(=O)N(C)CC2CCN(CC(=O)c3ccc(F)cc3)CC2)n1. The van der Waals surface area contributed by atoms with E-state index >= 15 is 0 Å². The van der Waals surface area contributed by atoms with Gasteiger partial charge in [0.25, 0.3) is 0 Å². The number of urea groups is 1. The van der Waals surface area contributed by atoms with Crippen molar-refractivity contribution in [3.63, 3.8) is 0 Å². The van der Waals surface area contributed by atoms with Crippen molar-refractivity contribution in [2.75, 3.05) is 33.2 Å². The molecule has 1 aliphatic rings. The fraction of sp³-hybridized carbons (Fsp3) is 0.476. The lowest BCUT2D eigenvalue weighted by Crippen LogP contribution is -2.43. The lowest BCUT2D eigenvalue weighted by molar-refractivity contribution is 0.0886. The molecule has 2 amide bonds. The highest BCUT2D eigenvalue weighted by atomic mass is 32.1. The van der Waals surface area contributed by atoms with Gasteiger partial charge in [-0.15, -0.1) is 11.3 Å². The summed E-state index contributed by atoms with van der Waals surface area (Å²) in [6.07, 6.45) is 1.89. The fourth-order valence-corrected chi connectivity index (χ4v) is 4.21. The molecule has 1 fully saturated rings. The number of Topliss-reactive ketones (excluding diaryl/α,β-unsaturated/α-hetero) is 1. The van der Waals surface area contributed by atoms with Crippen LogP contribution in [-0.2, 0) is 6.54 Å². The Balaban J connectivity index is 1.38. The number of thiazole rings is 1. The van der Waals surface area contributed by atoms with Crippen molar-refractivity contribution in [1.82, 2.24) is 20.1 Å². The molecule has 3 rings (SSSR count). The van der Waals surface area contributed by atoms with Gasteiger partial charge in [-0.05, 0) is 63.0 Å². The van der Waals surface area contributed by atoms with Crippen LogP contribution in [0.5, 0.6) is 0 Å². The number of benzene rings is 1. The lowest BCUT2D eigenvalue weighted by Gasteiger charge is -2.33. The third-order valence-electron chi connectivity index (χ3n) is 5.18.